The topological polar surface area (TPSA) is 82.6 Å². The van der Waals surface area contributed by atoms with Gasteiger partial charge in [0.15, 0.2) is 11.5 Å². The highest BCUT2D eigenvalue weighted by Gasteiger charge is 2.28. The van der Waals surface area contributed by atoms with Crippen LogP contribution < -0.4 is 14.8 Å². The minimum Gasteiger partial charge on any atom is -0.493 e. The summed E-state index contributed by atoms with van der Waals surface area (Å²) in [5.41, 5.74) is 2.93. The number of methoxy groups -OCH3 is 2. The van der Waals surface area contributed by atoms with Gasteiger partial charge in [-0.25, -0.2) is 14.8 Å². The molecular weight excluding hydrogens is 370 g/mol. The number of carbonyl (C=O) groups excluding carboxylic acids is 1. The Morgan fingerprint density at radius 1 is 1.07 bits per heavy atom. The molecule has 29 heavy (non-hydrogen) atoms. The number of rotatable bonds is 6. The second-order valence-electron chi connectivity index (χ2n) is 7.41. The monoisotopic (exact) mass is 391 g/mol. The number of fused-ring (bicyclic) bond motifs is 2. The zero-order chi connectivity index (χ0) is 20.0. The Morgan fingerprint density at radius 3 is 2.48 bits per heavy atom. The van der Waals surface area contributed by atoms with Crippen molar-refractivity contribution in [3.8, 4) is 22.6 Å². The molecule has 0 radical (unpaired) electrons. The van der Waals surface area contributed by atoms with Gasteiger partial charge in [0.25, 0.3) is 0 Å². The Labute approximate surface area is 168 Å². The molecule has 0 saturated heterocycles. The summed E-state index contributed by atoms with van der Waals surface area (Å²) >= 11 is 0. The highest BCUT2D eigenvalue weighted by atomic mass is 16.5. The number of aromatic nitrogens is 2. The van der Waals surface area contributed by atoms with Crippen molar-refractivity contribution in [1.29, 1.82) is 0 Å². The molecule has 0 atom stereocenters. The van der Waals surface area contributed by atoms with Crippen molar-refractivity contribution in [3.63, 3.8) is 0 Å². The van der Waals surface area contributed by atoms with Gasteiger partial charge in [0.1, 0.15) is 6.61 Å². The van der Waals surface area contributed by atoms with Crippen molar-refractivity contribution >= 4 is 22.7 Å². The van der Waals surface area contributed by atoms with Crippen molar-refractivity contribution in [2.75, 3.05) is 26.1 Å². The lowest BCUT2D eigenvalue weighted by atomic mass is 9.91. The molecular formula is C22H21N3O4. The van der Waals surface area contributed by atoms with E-state index in [1.165, 1.54) is 12.8 Å². The van der Waals surface area contributed by atoms with Gasteiger partial charge < -0.3 is 19.5 Å². The van der Waals surface area contributed by atoms with Crippen LogP contribution in [0.2, 0.25) is 0 Å². The molecule has 1 aromatic heterocycles. The van der Waals surface area contributed by atoms with Crippen LogP contribution in [0.3, 0.4) is 0 Å². The van der Waals surface area contributed by atoms with E-state index in [0.717, 1.165) is 39.9 Å². The van der Waals surface area contributed by atoms with E-state index >= 15 is 0 Å². The zero-order valence-electron chi connectivity index (χ0n) is 16.3. The summed E-state index contributed by atoms with van der Waals surface area (Å²) in [6, 6.07) is 5.76. The van der Waals surface area contributed by atoms with E-state index in [9.17, 15) is 4.79 Å². The predicted molar refractivity (Wildman–Crippen MR) is 108 cm³/mol. The average molecular weight is 391 g/mol. The molecule has 1 aliphatic heterocycles. The maximum Gasteiger partial charge on any atom is 0.339 e. The smallest absolute Gasteiger partial charge is 0.339 e. The molecule has 0 unspecified atom stereocenters. The normalized spacial score (nSPS) is 15.2. The molecule has 2 heterocycles. The van der Waals surface area contributed by atoms with Gasteiger partial charge in [-0.15, -0.1) is 0 Å². The number of carbonyl (C=O) groups is 1. The van der Waals surface area contributed by atoms with Crippen molar-refractivity contribution in [2.45, 2.75) is 19.4 Å². The molecule has 5 rings (SSSR count). The van der Waals surface area contributed by atoms with E-state index in [-0.39, 0.29) is 12.6 Å². The third kappa shape index (κ3) is 3.12. The van der Waals surface area contributed by atoms with Crippen molar-refractivity contribution in [3.05, 3.63) is 41.7 Å². The Balaban J connectivity index is 1.66. The van der Waals surface area contributed by atoms with Gasteiger partial charge in [0.05, 0.1) is 19.8 Å². The fourth-order valence-corrected chi connectivity index (χ4v) is 3.75. The van der Waals surface area contributed by atoms with Crippen LogP contribution in [0.25, 0.3) is 21.9 Å². The number of nitrogens with one attached hydrogen (secondary N) is 1. The molecule has 7 heteroatoms. The first kappa shape index (κ1) is 17.7. The summed E-state index contributed by atoms with van der Waals surface area (Å²) < 4.78 is 16.2. The lowest BCUT2D eigenvalue weighted by Gasteiger charge is -2.14. The van der Waals surface area contributed by atoms with Gasteiger partial charge >= 0.3 is 5.97 Å². The van der Waals surface area contributed by atoms with Crippen LogP contribution in [0.4, 0.5) is 5.95 Å². The van der Waals surface area contributed by atoms with Crippen LogP contribution in [0.5, 0.6) is 11.5 Å². The minimum atomic E-state index is -0.331. The minimum absolute atomic E-state index is 0.257. The summed E-state index contributed by atoms with van der Waals surface area (Å²) in [6.07, 6.45) is 6.03. The molecule has 0 amide bonds. The number of benzene rings is 2. The second kappa shape index (κ2) is 6.92. The van der Waals surface area contributed by atoms with Crippen molar-refractivity contribution < 1.29 is 19.0 Å². The Morgan fingerprint density at radius 2 is 1.79 bits per heavy atom. The largest absolute Gasteiger partial charge is 0.493 e. The first-order chi connectivity index (χ1) is 14.2. The molecule has 7 nitrogen and oxygen atoms in total. The number of cyclic esters (lactones) is 1. The van der Waals surface area contributed by atoms with Crippen LogP contribution in [0.1, 0.15) is 28.8 Å². The van der Waals surface area contributed by atoms with Crippen LogP contribution >= 0.6 is 0 Å². The maximum absolute atomic E-state index is 12.5. The zero-order valence-corrected chi connectivity index (χ0v) is 16.3. The first-order valence-corrected chi connectivity index (χ1v) is 9.63. The lowest BCUT2D eigenvalue weighted by Crippen LogP contribution is -2.07. The maximum atomic E-state index is 12.5. The standard InChI is InChI=1S/C22H21N3O4/c1-27-17-6-13-5-14-11-29-21(26)20(14)19(16(13)7-18(17)28-2)15-9-24-22(25-10-15)23-8-12-3-4-12/h5-7,9-10,12H,3-4,8,11H2,1-2H3,(H,23,24,25). The van der Waals surface area contributed by atoms with Crippen LogP contribution in [0.15, 0.2) is 30.6 Å². The predicted octanol–water partition coefficient (Wildman–Crippen LogP) is 3.81. The van der Waals surface area contributed by atoms with Gasteiger partial charge in [-0.1, -0.05) is 0 Å². The van der Waals surface area contributed by atoms with Crippen LogP contribution in [0, 0.1) is 5.92 Å². The van der Waals surface area contributed by atoms with Gasteiger partial charge in [0.2, 0.25) is 5.95 Å². The SMILES string of the molecule is COc1cc2cc3c(c(-c4cnc(NCC5CC5)nc4)c2cc1OC)C(=O)OC3. The summed E-state index contributed by atoms with van der Waals surface area (Å²) in [4.78, 5) is 21.4. The molecule has 1 aliphatic carbocycles. The molecule has 1 saturated carbocycles. The third-order valence-electron chi connectivity index (χ3n) is 5.48. The van der Waals surface area contributed by atoms with Gasteiger partial charge in [-0.05, 0) is 47.7 Å². The van der Waals surface area contributed by atoms with Crippen LogP contribution in [-0.2, 0) is 11.3 Å². The van der Waals surface area contributed by atoms with Gasteiger partial charge in [0, 0.05) is 35.6 Å². The molecule has 2 aromatic carbocycles. The van der Waals surface area contributed by atoms with Crippen molar-refractivity contribution in [2.24, 2.45) is 5.92 Å². The Kier molecular flexibility index (Phi) is 4.23. The fourth-order valence-electron chi connectivity index (χ4n) is 3.75. The Hall–Kier alpha value is -3.35. The van der Waals surface area contributed by atoms with Gasteiger partial charge in [-0.3, -0.25) is 0 Å². The quantitative estimate of drug-likeness (QED) is 0.640. The Bertz CT molecular complexity index is 1110. The van der Waals surface area contributed by atoms with Crippen LogP contribution in [-0.4, -0.2) is 36.7 Å². The lowest BCUT2D eigenvalue weighted by molar-refractivity contribution is 0.0535. The van der Waals surface area contributed by atoms with Gasteiger partial charge in [-0.2, -0.15) is 0 Å². The van der Waals surface area contributed by atoms with E-state index in [2.05, 4.69) is 15.3 Å². The van der Waals surface area contributed by atoms with E-state index in [1.807, 2.05) is 18.2 Å². The highest BCUT2D eigenvalue weighted by Crippen LogP contribution is 2.42. The number of esters is 1. The third-order valence-corrected chi connectivity index (χ3v) is 5.48. The van der Waals surface area contributed by atoms with E-state index in [1.54, 1.807) is 26.6 Å². The molecule has 2 aliphatic rings. The van der Waals surface area contributed by atoms with E-state index < -0.39 is 0 Å². The van der Waals surface area contributed by atoms with E-state index in [4.69, 9.17) is 14.2 Å². The number of hydrogen-bond acceptors (Lipinski definition) is 7. The summed E-state index contributed by atoms with van der Waals surface area (Å²) in [5, 5.41) is 5.07. The number of nitrogens with zero attached hydrogens (tertiary/aromatic N) is 2. The molecule has 0 bridgehead atoms. The molecule has 1 fully saturated rings. The summed E-state index contributed by atoms with van der Waals surface area (Å²) in [6.45, 7) is 1.15. The molecule has 1 N–H and O–H groups in total. The highest BCUT2D eigenvalue weighted by molar-refractivity contribution is 6.11. The summed E-state index contributed by atoms with van der Waals surface area (Å²) in [7, 11) is 3.19. The summed E-state index contributed by atoms with van der Waals surface area (Å²) in [5.74, 6) is 2.22. The molecule has 148 valence electrons. The fraction of sp³-hybridized carbons (Fsp3) is 0.318. The molecule has 3 aromatic rings. The number of hydrogen-bond donors (Lipinski definition) is 1. The number of anilines is 1. The number of ether oxygens (including phenoxy) is 3. The second-order valence-corrected chi connectivity index (χ2v) is 7.41. The molecule has 0 spiro atoms. The van der Waals surface area contributed by atoms with E-state index in [0.29, 0.717) is 23.0 Å². The average Bonchev–Trinajstić information content (AvgIpc) is 3.52. The first-order valence-electron chi connectivity index (χ1n) is 9.63. The van der Waals surface area contributed by atoms with Crippen molar-refractivity contribution in [1.82, 2.24) is 9.97 Å².